The minimum absolute atomic E-state index is 0.00654. The van der Waals surface area contributed by atoms with Crippen molar-refractivity contribution in [2.75, 3.05) is 18.4 Å². The Bertz CT molecular complexity index is 1070. The van der Waals surface area contributed by atoms with Crippen LogP contribution in [0.2, 0.25) is 0 Å². The van der Waals surface area contributed by atoms with Crippen LogP contribution >= 0.6 is 0 Å². The Balaban J connectivity index is 1.33. The van der Waals surface area contributed by atoms with E-state index in [9.17, 15) is 14.0 Å². The van der Waals surface area contributed by atoms with Gasteiger partial charge >= 0.3 is 0 Å². The van der Waals surface area contributed by atoms with Crippen molar-refractivity contribution in [3.63, 3.8) is 0 Å². The molecule has 1 aromatic heterocycles. The predicted molar refractivity (Wildman–Crippen MR) is 117 cm³/mol. The molecule has 0 bridgehead atoms. The van der Waals surface area contributed by atoms with Crippen LogP contribution in [0.25, 0.3) is 11.3 Å². The molecule has 2 heterocycles. The maximum atomic E-state index is 13.9. The van der Waals surface area contributed by atoms with Gasteiger partial charge in [0, 0.05) is 37.2 Å². The van der Waals surface area contributed by atoms with Gasteiger partial charge in [0.15, 0.2) is 0 Å². The zero-order valence-corrected chi connectivity index (χ0v) is 17.3. The van der Waals surface area contributed by atoms with Gasteiger partial charge in [-0.2, -0.15) is 0 Å². The second-order valence-electron chi connectivity index (χ2n) is 7.73. The minimum Gasteiger partial charge on any atom is -0.461 e. The van der Waals surface area contributed by atoms with Crippen LogP contribution in [0.5, 0.6) is 0 Å². The van der Waals surface area contributed by atoms with Gasteiger partial charge in [0.2, 0.25) is 5.91 Å². The number of anilines is 1. The van der Waals surface area contributed by atoms with Crippen molar-refractivity contribution in [3.05, 3.63) is 77.8 Å². The van der Waals surface area contributed by atoms with Gasteiger partial charge in [-0.25, -0.2) is 4.39 Å². The van der Waals surface area contributed by atoms with E-state index in [1.165, 1.54) is 6.07 Å². The molecule has 31 heavy (non-hydrogen) atoms. The number of hydrogen-bond donors (Lipinski definition) is 1. The zero-order chi connectivity index (χ0) is 21.6. The van der Waals surface area contributed by atoms with E-state index in [0.717, 1.165) is 32.4 Å². The van der Waals surface area contributed by atoms with E-state index >= 15 is 0 Å². The summed E-state index contributed by atoms with van der Waals surface area (Å²) in [4.78, 5) is 26.9. The van der Waals surface area contributed by atoms with Crippen LogP contribution in [0.3, 0.4) is 0 Å². The third-order valence-corrected chi connectivity index (χ3v) is 5.44. The van der Waals surface area contributed by atoms with E-state index in [-0.39, 0.29) is 24.1 Å². The fraction of sp³-hybridized carbons (Fsp3) is 0.280. The molecule has 1 aliphatic rings. The first kappa shape index (κ1) is 20.8. The van der Waals surface area contributed by atoms with Crippen molar-refractivity contribution in [2.24, 2.45) is 0 Å². The van der Waals surface area contributed by atoms with Crippen LogP contribution < -0.4 is 5.32 Å². The highest BCUT2D eigenvalue weighted by Crippen LogP contribution is 2.25. The van der Waals surface area contributed by atoms with Crippen molar-refractivity contribution >= 4 is 17.5 Å². The molecule has 1 N–H and O–H groups in total. The summed E-state index contributed by atoms with van der Waals surface area (Å²) in [6, 6.07) is 16.9. The van der Waals surface area contributed by atoms with Gasteiger partial charge in [0.05, 0.1) is 5.56 Å². The Morgan fingerprint density at radius 2 is 1.77 bits per heavy atom. The Morgan fingerprint density at radius 1 is 0.968 bits per heavy atom. The molecule has 0 unspecified atom stereocenters. The van der Waals surface area contributed by atoms with Crippen LogP contribution in [0.1, 0.15) is 41.8 Å². The molecule has 5 nitrogen and oxygen atoms in total. The summed E-state index contributed by atoms with van der Waals surface area (Å²) < 4.78 is 19.6. The molecule has 1 saturated heterocycles. The summed E-state index contributed by atoms with van der Waals surface area (Å²) in [7, 11) is 0. The lowest BCUT2D eigenvalue weighted by molar-refractivity contribution is -0.116. The Labute approximate surface area is 180 Å². The number of amides is 2. The maximum absolute atomic E-state index is 13.9. The number of carbonyl (C=O) groups excluding carboxylic acids is 2. The third kappa shape index (κ3) is 5.20. The minimum atomic E-state index is -0.347. The summed E-state index contributed by atoms with van der Waals surface area (Å²) in [6.07, 6.45) is 3.85. The quantitative estimate of drug-likeness (QED) is 0.590. The molecule has 1 aliphatic heterocycles. The first-order valence-corrected chi connectivity index (χ1v) is 10.6. The number of furan rings is 1. The maximum Gasteiger partial charge on any atom is 0.253 e. The molecule has 3 aromatic rings. The second-order valence-corrected chi connectivity index (χ2v) is 7.73. The molecule has 2 amide bonds. The van der Waals surface area contributed by atoms with Gasteiger partial charge in [-0.3, -0.25) is 9.59 Å². The molecule has 6 heteroatoms. The molecule has 0 saturated carbocycles. The van der Waals surface area contributed by atoms with Crippen molar-refractivity contribution in [1.82, 2.24) is 4.90 Å². The monoisotopic (exact) mass is 420 g/mol. The van der Waals surface area contributed by atoms with Gasteiger partial charge in [0.1, 0.15) is 17.3 Å². The summed E-state index contributed by atoms with van der Waals surface area (Å²) >= 11 is 0. The average molecular weight is 420 g/mol. The summed E-state index contributed by atoms with van der Waals surface area (Å²) in [5.74, 6) is 0.540. The SMILES string of the molecule is O=C(CCc1ccc(-c2ccccc2F)o1)Nc1cccc(C(=O)N2CCCCC2)c1. The molecule has 0 radical (unpaired) electrons. The molecular formula is C25H25FN2O3. The zero-order valence-electron chi connectivity index (χ0n) is 17.3. The lowest BCUT2D eigenvalue weighted by Crippen LogP contribution is -2.35. The first-order valence-electron chi connectivity index (χ1n) is 10.6. The van der Waals surface area contributed by atoms with Crippen molar-refractivity contribution in [2.45, 2.75) is 32.1 Å². The number of aryl methyl sites for hydroxylation is 1. The van der Waals surface area contributed by atoms with Crippen molar-refractivity contribution in [3.8, 4) is 11.3 Å². The van der Waals surface area contributed by atoms with Gasteiger partial charge < -0.3 is 14.6 Å². The van der Waals surface area contributed by atoms with E-state index in [0.29, 0.717) is 34.8 Å². The van der Waals surface area contributed by atoms with Crippen LogP contribution in [-0.2, 0) is 11.2 Å². The smallest absolute Gasteiger partial charge is 0.253 e. The largest absolute Gasteiger partial charge is 0.461 e. The van der Waals surface area contributed by atoms with Crippen molar-refractivity contribution < 1.29 is 18.4 Å². The number of halogens is 1. The second kappa shape index (κ2) is 9.60. The molecule has 160 valence electrons. The molecule has 0 spiro atoms. The predicted octanol–water partition coefficient (Wildman–Crippen LogP) is 5.28. The highest BCUT2D eigenvalue weighted by molar-refractivity contribution is 5.97. The number of rotatable bonds is 6. The molecular weight excluding hydrogens is 395 g/mol. The number of carbonyl (C=O) groups is 2. The fourth-order valence-electron chi connectivity index (χ4n) is 3.79. The van der Waals surface area contributed by atoms with Crippen LogP contribution in [0.4, 0.5) is 10.1 Å². The molecule has 1 fully saturated rings. The van der Waals surface area contributed by atoms with Crippen molar-refractivity contribution in [1.29, 1.82) is 0 Å². The molecule has 2 aromatic carbocycles. The molecule has 0 aliphatic carbocycles. The van der Waals surface area contributed by atoms with Crippen LogP contribution in [0, 0.1) is 5.82 Å². The number of piperidine rings is 1. The number of nitrogens with zero attached hydrogens (tertiary/aromatic N) is 1. The Hall–Kier alpha value is -3.41. The van der Waals surface area contributed by atoms with E-state index in [4.69, 9.17) is 4.42 Å². The molecule has 0 atom stereocenters. The van der Waals surface area contributed by atoms with Crippen LogP contribution in [-0.4, -0.2) is 29.8 Å². The number of likely N-dealkylation sites (tertiary alicyclic amines) is 1. The Kier molecular flexibility index (Phi) is 6.46. The normalized spacial score (nSPS) is 13.8. The number of benzene rings is 2. The fourth-order valence-corrected chi connectivity index (χ4v) is 3.79. The lowest BCUT2D eigenvalue weighted by Gasteiger charge is -2.26. The molecule has 4 rings (SSSR count). The lowest BCUT2D eigenvalue weighted by atomic mass is 10.1. The third-order valence-electron chi connectivity index (χ3n) is 5.44. The van der Waals surface area contributed by atoms with Gasteiger partial charge in [-0.1, -0.05) is 18.2 Å². The summed E-state index contributed by atoms with van der Waals surface area (Å²) in [6.45, 7) is 1.57. The first-order chi connectivity index (χ1) is 15.1. The highest BCUT2D eigenvalue weighted by atomic mass is 19.1. The van der Waals surface area contributed by atoms with Gasteiger partial charge in [-0.15, -0.1) is 0 Å². The highest BCUT2D eigenvalue weighted by Gasteiger charge is 2.18. The van der Waals surface area contributed by atoms with E-state index < -0.39 is 0 Å². The summed E-state index contributed by atoms with van der Waals surface area (Å²) in [5, 5.41) is 2.85. The topological polar surface area (TPSA) is 62.6 Å². The Morgan fingerprint density at radius 3 is 2.58 bits per heavy atom. The number of nitrogens with one attached hydrogen (secondary N) is 1. The standard InChI is InChI=1S/C25H25FN2O3/c26-22-10-3-2-9-21(22)23-13-11-20(31-23)12-14-24(29)27-19-8-6-7-18(17-19)25(30)28-15-4-1-5-16-28/h2-3,6-11,13,17H,1,4-5,12,14-16H2,(H,27,29). The van der Waals surface area contributed by atoms with Gasteiger partial charge in [-0.05, 0) is 61.7 Å². The number of hydrogen-bond acceptors (Lipinski definition) is 3. The van der Waals surface area contributed by atoms with E-state index in [1.807, 2.05) is 4.90 Å². The van der Waals surface area contributed by atoms with Gasteiger partial charge in [0.25, 0.3) is 5.91 Å². The van der Waals surface area contributed by atoms with E-state index in [1.54, 1.807) is 54.6 Å². The van der Waals surface area contributed by atoms with E-state index in [2.05, 4.69) is 5.32 Å². The average Bonchev–Trinajstić information content (AvgIpc) is 3.27. The summed E-state index contributed by atoms with van der Waals surface area (Å²) in [5.41, 5.74) is 1.58. The van der Waals surface area contributed by atoms with Crippen LogP contribution in [0.15, 0.2) is 65.1 Å².